The minimum absolute atomic E-state index is 0.0730. The molecule has 2 atom stereocenters. The molecule has 0 spiro atoms. The van der Waals surface area contributed by atoms with Gasteiger partial charge >= 0.3 is 0 Å². The van der Waals surface area contributed by atoms with Crippen LogP contribution >= 0.6 is 11.6 Å². The van der Waals surface area contributed by atoms with Crippen LogP contribution in [-0.2, 0) is 20.5 Å². The standard InChI is InChI=1S/C47H53ClN8O7S/c1-47(2)15-14-32(39(24-47)31-6-8-33(48)9-7-31)27-53-16-18-54(19-17-53)34-10-12-38(45(22-34)63-44-5-3-4-41-40(44)26-50-51-41)46(57)52-64(60)37-11-13-42(43(23-37)56(58)59)49-25-36-28-55(20-21-62-36)35-29-61-30-35/h3-13,22-23,26,35-36,49H,14-21,24-25,27-30H2,1-2H3,(H,50,51)(H,52,57)/t36-,64?/m0/s1. The molecule has 3 saturated heterocycles. The highest BCUT2D eigenvalue weighted by molar-refractivity contribution is 7.83. The minimum Gasteiger partial charge on any atom is -0.456 e. The Balaban J connectivity index is 0.898. The zero-order valence-corrected chi connectivity index (χ0v) is 37.6. The van der Waals surface area contributed by atoms with Crippen LogP contribution in [0, 0.1) is 15.5 Å². The molecular weight excluding hydrogens is 856 g/mol. The number of nitro groups is 1. The molecule has 0 bridgehead atoms. The number of anilines is 2. The molecule has 4 aliphatic rings. The number of aromatic nitrogens is 2. The number of aromatic amines is 1. The maximum absolute atomic E-state index is 14.0. The first-order valence-electron chi connectivity index (χ1n) is 21.8. The van der Waals surface area contributed by atoms with Gasteiger partial charge in [0.1, 0.15) is 17.2 Å². The molecule has 64 heavy (non-hydrogen) atoms. The van der Waals surface area contributed by atoms with E-state index in [1.807, 2.05) is 36.4 Å². The monoisotopic (exact) mass is 908 g/mol. The van der Waals surface area contributed by atoms with Gasteiger partial charge in [0.05, 0.1) is 64.4 Å². The minimum atomic E-state index is -2.14. The van der Waals surface area contributed by atoms with Gasteiger partial charge in [-0.05, 0) is 84.3 Å². The molecule has 9 rings (SSSR count). The first kappa shape index (κ1) is 43.9. The SMILES string of the molecule is CC1(C)CCC(CN2CCN(c3ccc(C(=O)NS(=O)c4ccc(NC[C@H]5CN(C6COC6)CCO5)c([N+](=O)[O-])c4)c(Oc4cccc5[nH]ncc45)c3)CC2)=C(c2ccc(Cl)cc2)C1. The highest BCUT2D eigenvalue weighted by Crippen LogP contribution is 2.43. The van der Waals surface area contributed by atoms with Crippen molar-refractivity contribution in [2.45, 2.75) is 50.2 Å². The van der Waals surface area contributed by atoms with Crippen LogP contribution in [0.4, 0.5) is 17.1 Å². The van der Waals surface area contributed by atoms with Crippen molar-refractivity contribution < 1.29 is 28.1 Å². The number of H-pyrrole nitrogens is 1. The van der Waals surface area contributed by atoms with E-state index in [2.05, 4.69) is 60.9 Å². The lowest BCUT2D eigenvalue weighted by molar-refractivity contribution is -0.384. The van der Waals surface area contributed by atoms with Crippen molar-refractivity contribution in [1.82, 2.24) is 24.7 Å². The summed E-state index contributed by atoms with van der Waals surface area (Å²) in [6, 6.07) is 23.8. The lowest BCUT2D eigenvalue weighted by Crippen LogP contribution is -2.56. The van der Waals surface area contributed by atoms with Crippen LogP contribution in [0.25, 0.3) is 16.5 Å². The van der Waals surface area contributed by atoms with Gasteiger partial charge in [-0.1, -0.05) is 49.2 Å². The number of nitro benzene ring substituents is 1. The van der Waals surface area contributed by atoms with Crippen LogP contribution < -0.4 is 19.7 Å². The normalized spacial score (nSPS) is 20.2. The van der Waals surface area contributed by atoms with Crippen LogP contribution in [0.5, 0.6) is 11.5 Å². The molecule has 0 radical (unpaired) electrons. The Morgan fingerprint density at radius 2 is 1.84 bits per heavy atom. The van der Waals surface area contributed by atoms with E-state index >= 15 is 0 Å². The van der Waals surface area contributed by atoms with Crippen LogP contribution in [0.1, 0.15) is 49.0 Å². The van der Waals surface area contributed by atoms with E-state index in [0.717, 1.165) is 80.1 Å². The fraction of sp³-hybridized carbons (Fsp3) is 0.404. The summed E-state index contributed by atoms with van der Waals surface area (Å²) in [4.78, 5) is 32.9. The van der Waals surface area contributed by atoms with Crippen molar-refractivity contribution in [3.8, 4) is 11.5 Å². The number of nitrogens with one attached hydrogen (secondary N) is 3. The molecule has 4 aromatic carbocycles. The first-order valence-corrected chi connectivity index (χ1v) is 23.4. The van der Waals surface area contributed by atoms with Gasteiger partial charge < -0.3 is 24.4 Å². The molecule has 0 saturated carbocycles. The summed E-state index contributed by atoms with van der Waals surface area (Å²) < 4.78 is 34.0. The van der Waals surface area contributed by atoms with Crippen LogP contribution in [0.15, 0.2) is 95.5 Å². The average Bonchev–Trinajstić information content (AvgIpc) is 3.76. The van der Waals surface area contributed by atoms with E-state index in [1.165, 1.54) is 34.9 Å². The summed E-state index contributed by atoms with van der Waals surface area (Å²) in [5.74, 6) is 0.0979. The van der Waals surface area contributed by atoms with Gasteiger partial charge in [-0.3, -0.25) is 34.5 Å². The number of hydrogen-bond donors (Lipinski definition) is 3. The molecule has 1 aliphatic carbocycles. The Labute approximate surface area is 379 Å². The summed E-state index contributed by atoms with van der Waals surface area (Å²) in [6.45, 7) is 12.7. The number of amides is 1. The number of hydrogen-bond acceptors (Lipinski definition) is 12. The first-order chi connectivity index (χ1) is 31.0. The zero-order chi connectivity index (χ0) is 44.4. The van der Waals surface area contributed by atoms with Gasteiger partial charge in [0, 0.05) is 75.2 Å². The van der Waals surface area contributed by atoms with Gasteiger partial charge in [0.25, 0.3) is 11.6 Å². The molecule has 3 aliphatic heterocycles. The molecule has 1 aromatic heterocycles. The molecule has 15 nitrogen and oxygen atoms in total. The summed E-state index contributed by atoms with van der Waals surface area (Å²) in [5.41, 5.74) is 6.22. The molecular formula is C47H53ClN8O7S. The molecule has 5 aromatic rings. The highest BCUT2D eigenvalue weighted by Gasteiger charge is 2.32. The number of halogens is 1. The van der Waals surface area contributed by atoms with E-state index in [-0.39, 0.29) is 39.1 Å². The summed E-state index contributed by atoms with van der Waals surface area (Å²) in [5, 5.41) is 24.0. The Hall–Kier alpha value is -5.36. The average molecular weight is 910 g/mol. The van der Waals surface area contributed by atoms with Crippen LogP contribution in [0.3, 0.4) is 0 Å². The zero-order valence-electron chi connectivity index (χ0n) is 36.0. The van der Waals surface area contributed by atoms with Gasteiger partial charge in [-0.25, -0.2) is 4.21 Å². The van der Waals surface area contributed by atoms with Crippen molar-refractivity contribution >= 4 is 62.0 Å². The van der Waals surface area contributed by atoms with Crippen molar-refractivity contribution in [3.63, 3.8) is 0 Å². The summed E-state index contributed by atoms with van der Waals surface area (Å²) >= 11 is 6.26. The second kappa shape index (κ2) is 19.0. The number of allylic oxidation sites excluding steroid dienone is 1. The summed E-state index contributed by atoms with van der Waals surface area (Å²) in [7, 11) is -2.14. The molecule has 1 unspecified atom stereocenters. The topological polar surface area (TPSA) is 167 Å². The van der Waals surface area contributed by atoms with E-state index < -0.39 is 21.8 Å². The number of carbonyl (C=O) groups excluding carboxylic acids is 1. The molecule has 1 amide bonds. The number of benzene rings is 4. The van der Waals surface area contributed by atoms with E-state index in [0.29, 0.717) is 44.7 Å². The lowest BCUT2D eigenvalue weighted by atomic mass is 9.72. The smallest absolute Gasteiger partial charge is 0.293 e. The Kier molecular flexibility index (Phi) is 13.0. The van der Waals surface area contributed by atoms with E-state index in [4.69, 9.17) is 25.8 Å². The van der Waals surface area contributed by atoms with E-state index in [9.17, 15) is 19.1 Å². The van der Waals surface area contributed by atoms with Crippen molar-refractivity contribution in [1.29, 1.82) is 0 Å². The lowest BCUT2D eigenvalue weighted by Gasteiger charge is -2.42. The molecule has 336 valence electrons. The van der Waals surface area contributed by atoms with Crippen molar-refractivity contribution in [2.75, 3.05) is 82.4 Å². The number of piperazine rings is 1. The van der Waals surface area contributed by atoms with Gasteiger partial charge in [-0.2, -0.15) is 5.10 Å². The number of ether oxygens (including phenoxy) is 3. The third-order valence-electron chi connectivity index (χ3n) is 12.8. The van der Waals surface area contributed by atoms with Crippen molar-refractivity contribution in [2.24, 2.45) is 5.41 Å². The van der Waals surface area contributed by atoms with Gasteiger partial charge in [-0.15, -0.1) is 0 Å². The Bertz CT molecular complexity index is 2570. The second-order valence-corrected chi connectivity index (χ2v) is 19.4. The highest BCUT2D eigenvalue weighted by atomic mass is 35.5. The Morgan fingerprint density at radius 1 is 1.03 bits per heavy atom. The van der Waals surface area contributed by atoms with Crippen molar-refractivity contribution in [3.05, 3.63) is 117 Å². The number of fused-ring (bicyclic) bond motifs is 1. The third-order valence-corrected chi connectivity index (χ3v) is 14.1. The largest absolute Gasteiger partial charge is 0.456 e. The Morgan fingerprint density at radius 3 is 2.61 bits per heavy atom. The fourth-order valence-corrected chi connectivity index (χ4v) is 9.94. The predicted molar refractivity (Wildman–Crippen MR) is 249 cm³/mol. The molecule has 4 heterocycles. The number of morpholine rings is 1. The molecule has 17 heteroatoms. The van der Waals surface area contributed by atoms with Crippen LogP contribution in [-0.4, -0.2) is 119 Å². The maximum atomic E-state index is 14.0. The molecule has 3 N–H and O–H groups in total. The number of carbonyl (C=O) groups is 1. The summed E-state index contributed by atoms with van der Waals surface area (Å²) in [6.07, 6.45) is 4.75. The maximum Gasteiger partial charge on any atom is 0.293 e. The second-order valence-electron chi connectivity index (χ2n) is 17.8. The quantitative estimate of drug-likeness (QED) is 0.0737. The number of nitrogens with zero attached hydrogens (tertiary/aromatic N) is 5. The number of rotatable bonds is 14. The van der Waals surface area contributed by atoms with E-state index in [1.54, 1.807) is 18.3 Å². The van der Waals surface area contributed by atoms with Gasteiger partial charge in [0.2, 0.25) is 0 Å². The third kappa shape index (κ3) is 9.97. The fourth-order valence-electron chi connectivity index (χ4n) is 9.01. The predicted octanol–water partition coefficient (Wildman–Crippen LogP) is 7.67. The van der Waals surface area contributed by atoms with Crippen LogP contribution in [0.2, 0.25) is 5.02 Å². The van der Waals surface area contributed by atoms with Gasteiger partial charge in [0.15, 0.2) is 11.0 Å². The molecule has 3 fully saturated rings.